The molecule has 1 heterocycles. The molecule has 6 nitrogen and oxygen atoms in total. The Morgan fingerprint density at radius 2 is 1.89 bits per heavy atom. The molecule has 0 unspecified atom stereocenters. The number of nitrogens with one attached hydrogen (secondary N) is 1. The van der Waals surface area contributed by atoms with Crippen molar-refractivity contribution in [2.45, 2.75) is 11.3 Å². The number of aromatic nitrogens is 3. The maximum atomic E-state index is 12.7. The Morgan fingerprint density at radius 1 is 1.18 bits per heavy atom. The minimum atomic E-state index is -4.48. The molecule has 0 fully saturated rings. The summed E-state index contributed by atoms with van der Waals surface area (Å²) in [5.41, 5.74) is -0.0941. The summed E-state index contributed by atoms with van der Waals surface area (Å²) in [6, 6.07) is 11.2. The molecule has 0 aliphatic heterocycles. The van der Waals surface area contributed by atoms with Gasteiger partial charge in [-0.25, -0.2) is 4.68 Å². The van der Waals surface area contributed by atoms with E-state index in [0.29, 0.717) is 16.4 Å². The Balaban J connectivity index is 1.63. The Labute approximate surface area is 166 Å². The largest absolute Gasteiger partial charge is 0.416 e. The van der Waals surface area contributed by atoms with E-state index in [1.807, 2.05) is 0 Å². The molecule has 1 aromatic heterocycles. The molecule has 28 heavy (non-hydrogen) atoms. The zero-order valence-electron chi connectivity index (χ0n) is 14.1. The van der Waals surface area contributed by atoms with Crippen LogP contribution in [0.1, 0.15) is 5.56 Å². The zero-order valence-corrected chi connectivity index (χ0v) is 15.6. The lowest BCUT2D eigenvalue weighted by molar-refractivity contribution is -0.137. The van der Waals surface area contributed by atoms with E-state index < -0.39 is 17.6 Å². The molecule has 0 saturated carbocycles. The van der Waals surface area contributed by atoms with Crippen LogP contribution in [0.3, 0.4) is 0 Å². The van der Waals surface area contributed by atoms with E-state index in [2.05, 4.69) is 15.5 Å². The van der Waals surface area contributed by atoms with Crippen LogP contribution in [0.4, 0.5) is 18.9 Å². The summed E-state index contributed by atoms with van der Waals surface area (Å²) < 4.78 is 39.4. The number of carbonyl (C=O) groups is 1. The number of nitrogens with zero attached hydrogens (tertiary/aromatic N) is 3. The first kappa shape index (κ1) is 20.0. The second-order valence-electron chi connectivity index (χ2n) is 5.60. The fourth-order valence-electron chi connectivity index (χ4n) is 2.27. The van der Waals surface area contributed by atoms with Crippen LogP contribution < -0.4 is 11.2 Å². The van der Waals surface area contributed by atoms with Crippen molar-refractivity contribution in [3.63, 3.8) is 0 Å². The summed E-state index contributed by atoms with van der Waals surface area (Å²) in [6.45, 7) is 0. The van der Waals surface area contributed by atoms with E-state index in [0.717, 1.165) is 23.9 Å². The molecular formula is C17H13ClF3N5OS. The second-order valence-corrected chi connectivity index (χ2v) is 6.98. The molecule has 0 saturated heterocycles. The third-order valence-corrected chi connectivity index (χ3v) is 4.77. The number of rotatable bonds is 5. The predicted molar refractivity (Wildman–Crippen MR) is 101 cm³/mol. The fraction of sp³-hybridized carbons (Fsp3) is 0.118. The number of hydrogen-bond acceptors (Lipinski definition) is 5. The minimum Gasteiger partial charge on any atom is -0.335 e. The molecule has 0 aliphatic rings. The van der Waals surface area contributed by atoms with Gasteiger partial charge in [0, 0.05) is 16.3 Å². The lowest BCUT2D eigenvalue weighted by atomic mass is 10.2. The van der Waals surface area contributed by atoms with Crippen LogP contribution in [0.5, 0.6) is 0 Å². The highest BCUT2D eigenvalue weighted by molar-refractivity contribution is 7.99. The number of hydrogen-bond donors (Lipinski definition) is 2. The molecule has 0 bridgehead atoms. The van der Waals surface area contributed by atoms with E-state index in [1.165, 1.54) is 16.8 Å². The maximum Gasteiger partial charge on any atom is 0.416 e. The molecule has 3 N–H and O–H groups in total. The van der Waals surface area contributed by atoms with Crippen LogP contribution in [0.2, 0.25) is 5.02 Å². The average molecular weight is 428 g/mol. The van der Waals surface area contributed by atoms with Gasteiger partial charge in [-0.05, 0) is 42.5 Å². The number of amides is 1. The Morgan fingerprint density at radius 3 is 2.57 bits per heavy atom. The summed E-state index contributed by atoms with van der Waals surface area (Å²) in [7, 11) is 0. The van der Waals surface area contributed by atoms with E-state index in [-0.39, 0.29) is 16.6 Å². The van der Waals surface area contributed by atoms with Crippen molar-refractivity contribution in [1.29, 1.82) is 0 Å². The van der Waals surface area contributed by atoms with Crippen LogP contribution in [-0.4, -0.2) is 26.5 Å². The van der Waals surface area contributed by atoms with E-state index >= 15 is 0 Å². The molecule has 0 spiro atoms. The standard InChI is InChI=1S/C17H13ClF3N5OS/c18-12-6-4-10(5-7-12)15-24-25-16(26(15)22)28-9-14(27)23-13-3-1-2-11(8-13)17(19,20)21/h1-8H,9,22H2,(H,23,27). The highest BCUT2D eigenvalue weighted by atomic mass is 35.5. The average Bonchev–Trinajstić information content (AvgIpc) is 3.01. The van der Waals surface area contributed by atoms with Crippen molar-refractivity contribution in [2.75, 3.05) is 16.9 Å². The van der Waals surface area contributed by atoms with Gasteiger partial charge in [0.05, 0.1) is 11.3 Å². The van der Waals surface area contributed by atoms with Crippen molar-refractivity contribution in [3.05, 3.63) is 59.1 Å². The van der Waals surface area contributed by atoms with Gasteiger partial charge in [-0.15, -0.1) is 10.2 Å². The van der Waals surface area contributed by atoms with Gasteiger partial charge in [0.2, 0.25) is 11.1 Å². The molecule has 146 valence electrons. The van der Waals surface area contributed by atoms with Crippen LogP contribution in [0.15, 0.2) is 53.7 Å². The number of benzene rings is 2. The number of thioether (sulfide) groups is 1. The molecule has 3 aromatic rings. The quantitative estimate of drug-likeness (QED) is 0.473. The highest BCUT2D eigenvalue weighted by Crippen LogP contribution is 2.30. The first-order valence-corrected chi connectivity index (χ1v) is 9.17. The zero-order chi connectivity index (χ0) is 20.3. The normalized spacial score (nSPS) is 11.4. The van der Waals surface area contributed by atoms with Crippen molar-refractivity contribution in [3.8, 4) is 11.4 Å². The van der Waals surface area contributed by atoms with Gasteiger partial charge in [0.25, 0.3) is 0 Å². The molecular weight excluding hydrogens is 415 g/mol. The number of carbonyl (C=O) groups excluding carboxylic acids is 1. The van der Waals surface area contributed by atoms with E-state index in [4.69, 9.17) is 17.4 Å². The molecule has 1 amide bonds. The van der Waals surface area contributed by atoms with Gasteiger partial charge in [0.1, 0.15) is 0 Å². The number of nitrogens with two attached hydrogens (primary N) is 1. The van der Waals surface area contributed by atoms with Gasteiger partial charge in [-0.2, -0.15) is 13.2 Å². The van der Waals surface area contributed by atoms with Crippen LogP contribution in [-0.2, 0) is 11.0 Å². The van der Waals surface area contributed by atoms with E-state index in [1.54, 1.807) is 24.3 Å². The maximum absolute atomic E-state index is 12.7. The highest BCUT2D eigenvalue weighted by Gasteiger charge is 2.30. The number of alkyl halides is 3. The Kier molecular flexibility index (Phi) is 5.80. The predicted octanol–water partition coefficient (Wildman–Crippen LogP) is 4.06. The summed E-state index contributed by atoms with van der Waals surface area (Å²) in [5, 5.41) is 11.2. The van der Waals surface area contributed by atoms with Crippen molar-refractivity contribution in [2.24, 2.45) is 0 Å². The van der Waals surface area contributed by atoms with Crippen LogP contribution in [0, 0.1) is 0 Å². The summed E-state index contributed by atoms with van der Waals surface area (Å²) in [4.78, 5) is 12.0. The van der Waals surface area contributed by atoms with Crippen LogP contribution in [0.25, 0.3) is 11.4 Å². The molecule has 11 heteroatoms. The molecule has 2 aromatic carbocycles. The third kappa shape index (κ3) is 4.76. The number of nitrogen functional groups attached to an aromatic ring is 1. The van der Waals surface area contributed by atoms with Gasteiger partial charge in [-0.3, -0.25) is 4.79 Å². The van der Waals surface area contributed by atoms with Crippen molar-refractivity contribution >= 4 is 35.0 Å². The number of anilines is 1. The fourth-order valence-corrected chi connectivity index (χ4v) is 3.05. The van der Waals surface area contributed by atoms with Gasteiger partial charge in [0.15, 0.2) is 5.82 Å². The van der Waals surface area contributed by atoms with Crippen LogP contribution >= 0.6 is 23.4 Å². The molecule has 0 atom stereocenters. The first-order valence-electron chi connectivity index (χ1n) is 7.80. The van der Waals surface area contributed by atoms with Gasteiger partial charge in [-0.1, -0.05) is 29.4 Å². The lowest BCUT2D eigenvalue weighted by Crippen LogP contribution is -2.17. The SMILES string of the molecule is Nn1c(SCC(=O)Nc2cccc(C(F)(F)F)c2)nnc1-c1ccc(Cl)cc1. The van der Waals surface area contributed by atoms with Gasteiger partial charge < -0.3 is 11.2 Å². The molecule has 3 rings (SSSR count). The summed E-state index contributed by atoms with van der Waals surface area (Å²) in [5.74, 6) is 5.74. The lowest BCUT2D eigenvalue weighted by Gasteiger charge is -2.09. The third-order valence-electron chi connectivity index (χ3n) is 3.57. The summed E-state index contributed by atoms with van der Waals surface area (Å²) >= 11 is 6.85. The molecule has 0 radical (unpaired) electrons. The smallest absolute Gasteiger partial charge is 0.335 e. The molecule has 0 aliphatic carbocycles. The Bertz CT molecular complexity index is 991. The minimum absolute atomic E-state index is 0.0523. The van der Waals surface area contributed by atoms with Gasteiger partial charge >= 0.3 is 6.18 Å². The summed E-state index contributed by atoms with van der Waals surface area (Å²) in [6.07, 6.45) is -4.48. The Hall–Kier alpha value is -2.72. The monoisotopic (exact) mass is 427 g/mol. The first-order chi connectivity index (χ1) is 13.2. The van der Waals surface area contributed by atoms with Crippen molar-refractivity contribution in [1.82, 2.24) is 14.9 Å². The van der Waals surface area contributed by atoms with E-state index in [9.17, 15) is 18.0 Å². The topological polar surface area (TPSA) is 85.8 Å². The second kappa shape index (κ2) is 8.11. The number of halogens is 4. The van der Waals surface area contributed by atoms with Crippen molar-refractivity contribution < 1.29 is 18.0 Å².